The summed E-state index contributed by atoms with van der Waals surface area (Å²) in [6.45, 7) is -0.407. The zero-order valence-electron chi connectivity index (χ0n) is 5.21. The summed E-state index contributed by atoms with van der Waals surface area (Å²) in [6, 6.07) is 0. The van der Waals surface area contributed by atoms with Gasteiger partial charge >= 0.3 is 0 Å². The maximum Gasteiger partial charge on any atom is 0.184 e. The van der Waals surface area contributed by atoms with E-state index in [-0.39, 0.29) is 0 Å². The summed E-state index contributed by atoms with van der Waals surface area (Å²) in [5, 5.41) is 35.0. The fourth-order valence-electron chi connectivity index (χ4n) is 0.880. The summed E-state index contributed by atoms with van der Waals surface area (Å²) in [5.74, 6) is 0. The lowest BCUT2D eigenvalue weighted by Crippen LogP contribution is -2.33. The molecule has 0 aromatic carbocycles. The Morgan fingerprint density at radius 2 is 1.70 bits per heavy atom. The Bertz CT molecular complexity index is 117. The highest BCUT2D eigenvalue weighted by atomic mass is 16.6. The first-order valence-electron chi connectivity index (χ1n) is 2.97. The van der Waals surface area contributed by atoms with Gasteiger partial charge in [0, 0.05) is 0 Å². The van der Waals surface area contributed by atoms with Crippen LogP contribution in [-0.2, 0) is 4.74 Å². The standard InChI is InChI=1S/C5H10O5/c6-1-2-3(7)4(8)5(9)10-2/h2-9H,1H2/t2-,3+,4-,5-/m1/s1. The molecule has 0 bridgehead atoms. The molecule has 1 aliphatic rings. The van der Waals surface area contributed by atoms with Crippen LogP contribution in [0.2, 0.25) is 0 Å². The minimum atomic E-state index is -1.38. The number of aliphatic hydroxyl groups is 4. The van der Waals surface area contributed by atoms with E-state index < -0.39 is 31.2 Å². The Morgan fingerprint density at radius 1 is 1.10 bits per heavy atom. The van der Waals surface area contributed by atoms with Crippen LogP contribution in [0.25, 0.3) is 0 Å². The van der Waals surface area contributed by atoms with Crippen LogP contribution < -0.4 is 0 Å². The first kappa shape index (κ1) is 7.90. The molecule has 0 aromatic rings. The zero-order chi connectivity index (χ0) is 7.72. The van der Waals surface area contributed by atoms with Crippen molar-refractivity contribution in [1.82, 2.24) is 0 Å². The molecule has 1 saturated heterocycles. The highest BCUT2D eigenvalue weighted by molar-refractivity contribution is 4.84. The van der Waals surface area contributed by atoms with Gasteiger partial charge in [-0.05, 0) is 0 Å². The molecule has 60 valence electrons. The molecule has 0 aliphatic carbocycles. The van der Waals surface area contributed by atoms with E-state index in [1.807, 2.05) is 0 Å². The summed E-state index contributed by atoms with van der Waals surface area (Å²) < 4.78 is 4.54. The van der Waals surface area contributed by atoms with E-state index >= 15 is 0 Å². The zero-order valence-corrected chi connectivity index (χ0v) is 5.21. The third-order valence-corrected chi connectivity index (χ3v) is 1.52. The minimum absolute atomic E-state index is 0.407. The molecule has 5 nitrogen and oxygen atoms in total. The third kappa shape index (κ3) is 1.14. The number of ether oxygens (including phenoxy) is 1. The van der Waals surface area contributed by atoms with Gasteiger partial charge in [-0.15, -0.1) is 0 Å². The minimum Gasteiger partial charge on any atom is -0.394 e. The van der Waals surface area contributed by atoms with Crippen molar-refractivity contribution in [2.75, 3.05) is 6.61 Å². The van der Waals surface area contributed by atoms with Crippen LogP contribution in [0, 0.1) is 0 Å². The molecule has 0 aromatic heterocycles. The first-order valence-corrected chi connectivity index (χ1v) is 2.97. The van der Waals surface area contributed by atoms with E-state index in [1.165, 1.54) is 0 Å². The van der Waals surface area contributed by atoms with E-state index in [0.29, 0.717) is 0 Å². The van der Waals surface area contributed by atoms with E-state index in [4.69, 9.17) is 20.4 Å². The van der Waals surface area contributed by atoms with Crippen molar-refractivity contribution in [3.05, 3.63) is 0 Å². The van der Waals surface area contributed by atoms with Gasteiger partial charge in [-0.25, -0.2) is 0 Å². The molecule has 0 saturated carbocycles. The fraction of sp³-hybridized carbons (Fsp3) is 1.00. The Kier molecular flexibility index (Phi) is 2.22. The van der Waals surface area contributed by atoms with Crippen molar-refractivity contribution in [2.45, 2.75) is 24.6 Å². The molecule has 5 heteroatoms. The van der Waals surface area contributed by atoms with Gasteiger partial charge in [-0.1, -0.05) is 0 Å². The predicted molar refractivity (Wildman–Crippen MR) is 30.0 cm³/mol. The van der Waals surface area contributed by atoms with Gasteiger partial charge in [0.25, 0.3) is 0 Å². The molecule has 0 spiro atoms. The maximum atomic E-state index is 8.93. The Labute approximate surface area is 57.5 Å². The van der Waals surface area contributed by atoms with Crippen LogP contribution in [0.1, 0.15) is 0 Å². The predicted octanol–water partition coefficient (Wildman–Crippen LogP) is -2.58. The fourth-order valence-corrected chi connectivity index (χ4v) is 0.880. The van der Waals surface area contributed by atoms with E-state index in [2.05, 4.69) is 4.74 Å². The topological polar surface area (TPSA) is 90.2 Å². The van der Waals surface area contributed by atoms with Crippen LogP contribution in [0.4, 0.5) is 0 Å². The van der Waals surface area contributed by atoms with E-state index in [9.17, 15) is 0 Å². The summed E-state index contributed by atoms with van der Waals surface area (Å²) in [7, 11) is 0. The second kappa shape index (κ2) is 2.81. The lowest BCUT2D eigenvalue weighted by atomic mass is 10.1. The summed E-state index contributed by atoms with van der Waals surface area (Å²) in [6.07, 6.45) is -4.76. The molecular formula is C5H10O5. The van der Waals surface area contributed by atoms with Crippen molar-refractivity contribution >= 4 is 0 Å². The summed E-state index contributed by atoms with van der Waals surface area (Å²) >= 11 is 0. The van der Waals surface area contributed by atoms with E-state index in [1.54, 1.807) is 0 Å². The van der Waals surface area contributed by atoms with E-state index in [0.717, 1.165) is 0 Å². The van der Waals surface area contributed by atoms with Gasteiger partial charge in [0.1, 0.15) is 18.3 Å². The smallest absolute Gasteiger partial charge is 0.184 e. The molecule has 4 N–H and O–H groups in total. The molecule has 1 rings (SSSR count). The van der Waals surface area contributed by atoms with Gasteiger partial charge in [-0.3, -0.25) is 0 Å². The van der Waals surface area contributed by atoms with Crippen molar-refractivity contribution in [2.24, 2.45) is 0 Å². The lowest BCUT2D eigenvalue weighted by Gasteiger charge is -2.09. The average Bonchev–Trinajstić information content (AvgIpc) is 2.17. The van der Waals surface area contributed by atoms with Crippen molar-refractivity contribution in [3.63, 3.8) is 0 Å². The van der Waals surface area contributed by atoms with Gasteiger partial charge < -0.3 is 25.2 Å². The molecule has 1 fully saturated rings. The Morgan fingerprint density at radius 3 is 1.90 bits per heavy atom. The van der Waals surface area contributed by atoms with Gasteiger partial charge in [-0.2, -0.15) is 0 Å². The second-order valence-electron chi connectivity index (χ2n) is 2.23. The largest absolute Gasteiger partial charge is 0.394 e. The van der Waals surface area contributed by atoms with Crippen molar-refractivity contribution < 1.29 is 25.2 Å². The quantitative estimate of drug-likeness (QED) is 0.329. The number of hydrogen-bond acceptors (Lipinski definition) is 5. The van der Waals surface area contributed by atoms with Crippen LogP contribution in [-0.4, -0.2) is 51.6 Å². The highest BCUT2D eigenvalue weighted by Crippen LogP contribution is 2.18. The normalized spacial score (nSPS) is 48.0. The number of hydrogen-bond donors (Lipinski definition) is 4. The molecule has 10 heavy (non-hydrogen) atoms. The van der Waals surface area contributed by atoms with Crippen LogP contribution >= 0.6 is 0 Å². The first-order chi connectivity index (χ1) is 4.66. The highest BCUT2D eigenvalue weighted by Gasteiger charge is 2.41. The molecular weight excluding hydrogens is 140 g/mol. The Balaban J connectivity index is 2.53. The van der Waals surface area contributed by atoms with Gasteiger partial charge in [0.05, 0.1) is 6.61 Å². The Hall–Kier alpha value is -0.200. The van der Waals surface area contributed by atoms with Gasteiger partial charge in [0.2, 0.25) is 0 Å². The number of rotatable bonds is 1. The van der Waals surface area contributed by atoms with Crippen molar-refractivity contribution in [3.8, 4) is 0 Å². The van der Waals surface area contributed by atoms with Crippen LogP contribution in [0.3, 0.4) is 0 Å². The number of aliphatic hydroxyl groups excluding tert-OH is 4. The molecule has 1 aliphatic heterocycles. The lowest BCUT2D eigenvalue weighted by molar-refractivity contribution is -0.132. The average molecular weight is 150 g/mol. The van der Waals surface area contributed by atoms with Crippen LogP contribution in [0.15, 0.2) is 0 Å². The van der Waals surface area contributed by atoms with Gasteiger partial charge in [0.15, 0.2) is 6.29 Å². The molecule has 4 atom stereocenters. The molecule has 0 unspecified atom stereocenters. The monoisotopic (exact) mass is 150 g/mol. The molecule has 0 radical (unpaired) electrons. The van der Waals surface area contributed by atoms with Crippen molar-refractivity contribution in [1.29, 1.82) is 0 Å². The second-order valence-corrected chi connectivity index (χ2v) is 2.23. The maximum absolute atomic E-state index is 8.93. The SMILES string of the molecule is OC[C@H]1O[C@@H](O)[C@H](O)[C@H]1O. The van der Waals surface area contributed by atoms with Crippen LogP contribution in [0.5, 0.6) is 0 Å². The summed E-state index contributed by atoms with van der Waals surface area (Å²) in [5.41, 5.74) is 0. The molecule has 1 heterocycles. The summed E-state index contributed by atoms with van der Waals surface area (Å²) in [4.78, 5) is 0. The molecule has 0 amide bonds. The third-order valence-electron chi connectivity index (χ3n) is 1.52.